The number of piperidine rings is 1. The zero-order valence-corrected chi connectivity index (χ0v) is 33.0. The van der Waals surface area contributed by atoms with E-state index in [0.29, 0.717) is 32.1 Å². The van der Waals surface area contributed by atoms with Crippen molar-refractivity contribution in [1.29, 1.82) is 0 Å². The Morgan fingerprint density at radius 2 is 1.63 bits per heavy atom. The Hall–Kier alpha value is -5.93. The molecule has 1 aromatic heterocycles. The van der Waals surface area contributed by atoms with E-state index in [1.165, 1.54) is 12.0 Å². The van der Waals surface area contributed by atoms with Gasteiger partial charge in [-0.3, -0.25) is 28.8 Å². The van der Waals surface area contributed by atoms with E-state index in [9.17, 15) is 33.6 Å². The Bertz CT molecular complexity index is 1860. The quantitative estimate of drug-likeness (QED) is 0.0662. The van der Waals surface area contributed by atoms with Crippen LogP contribution in [0.4, 0.5) is 4.79 Å². The standard InChI is InChI=1S/C41H56N8O8/c1-4-10-35(50)46-32(19-20-36(51)57-3)40(55)49-22-8-7-14-34(49)39(54)48-33(23-28-25-44-30-12-6-5-11-29(28)30)38(53)47-31(13-9-21-43-41(42)56)37(52)45-24-27-17-15-26(2)16-18-27/h5-6,11-12,15-18,25,31-34,44H,4,7-10,13-14,19-24H2,1-3H3,(H,45,52)(H,46,50)(H,47,53)(H,48,54)(H3,42,43,56)/t31-,32+,33-,34-/m0/s1. The van der Waals surface area contributed by atoms with Gasteiger partial charge in [0.1, 0.15) is 24.2 Å². The second-order valence-corrected chi connectivity index (χ2v) is 14.4. The normalized spacial score (nSPS) is 15.4. The van der Waals surface area contributed by atoms with Crippen LogP contribution in [0.25, 0.3) is 10.9 Å². The van der Waals surface area contributed by atoms with Gasteiger partial charge in [0.2, 0.25) is 29.5 Å². The van der Waals surface area contributed by atoms with Crippen molar-refractivity contribution in [2.45, 2.75) is 109 Å². The molecule has 4 atom stereocenters. The number of aromatic nitrogens is 1. The van der Waals surface area contributed by atoms with Crippen molar-refractivity contribution in [3.8, 4) is 0 Å². The monoisotopic (exact) mass is 788 g/mol. The summed E-state index contributed by atoms with van der Waals surface area (Å²) in [5.41, 5.74) is 8.74. The van der Waals surface area contributed by atoms with Crippen LogP contribution in [0.1, 0.15) is 81.4 Å². The number of likely N-dealkylation sites (tertiary alicyclic amines) is 1. The summed E-state index contributed by atoms with van der Waals surface area (Å²) in [5.74, 6) is -3.04. The van der Waals surface area contributed by atoms with Gasteiger partial charge in [-0.2, -0.15) is 0 Å². The zero-order chi connectivity index (χ0) is 41.3. The summed E-state index contributed by atoms with van der Waals surface area (Å²) in [6.45, 7) is 4.41. The number of nitrogens with two attached hydrogens (primary N) is 1. The number of primary amides is 1. The average Bonchev–Trinajstić information content (AvgIpc) is 3.61. The minimum absolute atomic E-state index is 0.0142. The number of benzene rings is 2. The van der Waals surface area contributed by atoms with Crippen LogP contribution in [-0.4, -0.2) is 95.8 Å². The molecule has 0 aliphatic carbocycles. The van der Waals surface area contributed by atoms with E-state index in [4.69, 9.17) is 10.5 Å². The second-order valence-electron chi connectivity index (χ2n) is 14.4. The fourth-order valence-electron chi connectivity index (χ4n) is 6.86. The number of aryl methyl sites for hydroxylation is 1. The molecule has 16 heteroatoms. The van der Waals surface area contributed by atoms with Crippen molar-refractivity contribution in [3.63, 3.8) is 0 Å². The predicted octanol–water partition coefficient (Wildman–Crippen LogP) is 2.37. The van der Waals surface area contributed by atoms with Gasteiger partial charge < -0.3 is 46.9 Å². The first-order chi connectivity index (χ1) is 27.4. The number of urea groups is 1. The molecule has 0 bridgehead atoms. The Morgan fingerprint density at radius 1 is 0.877 bits per heavy atom. The summed E-state index contributed by atoms with van der Waals surface area (Å²) in [4.78, 5) is 96.8. The summed E-state index contributed by atoms with van der Waals surface area (Å²) in [6.07, 6.45) is 4.46. The molecule has 308 valence electrons. The van der Waals surface area contributed by atoms with Gasteiger partial charge in [0.25, 0.3) is 0 Å². The van der Waals surface area contributed by atoms with E-state index in [0.717, 1.165) is 27.6 Å². The molecule has 4 rings (SSSR count). The molecule has 7 amide bonds. The summed E-state index contributed by atoms with van der Waals surface area (Å²) in [5, 5.41) is 14.7. The van der Waals surface area contributed by atoms with E-state index < -0.39 is 59.8 Å². The van der Waals surface area contributed by atoms with Crippen LogP contribution in [0.2, 0.25) is 0 Å². The van der Waals surface area contributed by atoms with Crippen LogP contribution in [0, 0.1) is 6.92 Å². The molecule has 0 saturated carbocycles. The van der Waals surface area contributed by atoms with Gasteiger partial charge >= 0.3 is 12.0 Å². The van der Waals surface area contributed by atoms with Crippen LogP contribution in [0.5, 0.6) is 0 Å². The number of nitrogens with zero attached hydrogens (tertiary/aromatic N) is 1. The molecule has 1 aliphatic rings. The lowest BCUT2D eigenvalue weighted by Crippen LogP contribution is -2.60. The minimum Gasteiger partial charge on any atom is -0.469 e. The number of methoxy groups -OCH3 is 1. The molecule has 16 nitrogen and oxygen atoms in total. The van der Waals surface area contributed by atoms with E-state index in [1.807, 2.05) is 62.4 Å². The maximum absolute atomic E-state index is 14.3. The maximum Gasteiger partial charge on any atom is 0.312 e. The lowest BCUT2D eigenvalue weighted by molar-refractivity contribution is -0.147. The van der Waals surface area contributed by atoms with Gasteiger partial charge in [0.05, 0.1) is 7.11 Å². The number of hydrogen-bond acceptors (Lipinski definition) is 8. The molecule has 8 N–H and O–H groups in total. The number of carbonyl (C=O) groups excluding carboxylic acids is 7. The summed E-state index contributed by atoms with van der Waals surface area (Å²) in [7, 11) is 1.24. The Morgan fingerprint density at radius 3 is 2.35 bits per heavy atom. The molecule has 2 heterocycles. The van der Waals surface area contributed by atoms with Crippen molar-refractivity contribution in [2.24, 2.45) is 5.73 Å². The first kappa shape index (κ1) is 43.8. The Balaban J connectivity index is 1.58. The number of amides is 7. The number of ether oxygens (including phenoxy) is 1. The van der Waals surface area contributed by atoms with Crippen LogP contribution in [0.3, 0.4) is 0 Å². The molecular formula is C41H56N8O8. The van der Waals surface area contributed by atoms with Crippen molar-refractivity contribution >= 4 is 52.4 Å². The smallest absolute Gasteiger partial charge is 0.312 e. The third-order valence-corrected chi connectivity index (χ3v) is 9.98. The van der Waals surface area contributed by atoms with Gasteiger partial charge in [-0.05, 0) is 69.1 Å². The zero-order valence-electron chi connectivity index (χ0n) is 33.0. The number of esters is 1. The molecule has 0 radical (unpaired) electrons. The van der Waals surface area contributed by atoms with Crippen molar-refractivity contribution in [1.82, 2.24) is 36.5 Å². The van der Waals surface area contributed by atoms with E-state index in [2.05, 4.69) is 31.6 Å². The van der Waals surface area contributed by atoms with Gasteiger partial charge in [0, 0.05) is 56.0 Å². The Labute approximate surface area is 332 Å². The Kier molecular flexibility index (Phi) is 16.9. The number of nitrogens with one attached hydrogen (secondary N) is 6. The van der Waals surface area contributed by atoms with Gasteiger partial charge in [0.15, 0.2) is 0 Å². The SMILES string of the molecule is CCCC(=O)N[C@H](CCC(=O)OC)C(=O)N1CCCC[C@H]1C(=O)N[C@@H](Cc1c[nH]c2ccccc12)C(=O)N[C@@H](CCCNC(N)=O)C(=O)NCc1ccc(C)cc1. The third kappa shape index (κ3) is 13.4. The fraction of sp³-hybridized carbons (Fsp3) is 0.488. The summed E-state index contributed by atoms with van der Waals surface area (Å²) < 4.78 is 4.76. The lowest BCUT2D eigenvalue weighted by Gasteiger charge is -2.37. The molecule has 0 spiro atoms. The molecule has 3 aromatic rings. The first-order valence-corrected chi connectivity index (χ1v) is 19.6. The van der Waals surface area contributed by atoms with Crippen molar-refractivity contribution in [2.75, 3.05) is 20.2 Å². The molecule has 57 heavy (non-hydrogen) atoms. The van der Waals surface area contributed by atoms with Crippen LogP contribution < -0.4 is 32.3 Å². The highest BCUT2D eigenvalue weighted by molar-refractivity contribution is 5.96. The number of hydrogen-bond donors (Lipinski definition) is 7. The number of para-hydroxylation sites is 1. The average molecular weight is 789 g/mol. The third-order valence-electron chi connectivity index (χ3n) is 9.98. The van der Waals surface area contributed by atoms with Gasteiger partial charge in [-0.25, -0.2) is 4.79 Å². The highest BCUT2D eigenvalue weighted by Gasteiger charge is 2.38. The molecular weight excluding hydrogens is 732 g/mol. The van der Waals surface area contributed by atoms with E-state index >= 15 is 0 Å². The molecule has 0 unspecified atom stereocenters. The predicted molar refractivity (Wildman–Crippen MR) is 213 cm³/mol. The van der Waals surface area contributed by atoms with Crippen LogP contribution in [0.15, 0.2) is 54.7 Å². The fourth-order valence-corrected chi connectivity index (χ4v) is 6.86. The van der Waals surface area contributed by atoms with Gasteiger partial charge in [-0.15, -0.1) is 0 Å². The molecule has 1 aliphatic heterocycles. The van der Waals surface area contributed by atoms with E-state index in [-0.39, 0.29) is 57.6 Å². The van der Waals surface area contributed by atoms with Crippen LogP contribution in [-0.2, 0) is 46.5 Å². The maximum atomic E-state index is 14.3. The van der Waals surface area contributed by atoms with E-state index in [1.54, 1.807) is 6.20 Å². The summed E-state index contributed by atoms with van der Waals surface area (Å²) in [6, 6.07) is 10.2. The lowest BCUT2D eigenvalue weighted by atomic mass is 9.97. The van der Waals surface area contributed by atoms with Crippen molar-refractivity contribution < 1.29 is 38.3 Å². The van der Waals surface area contributed by atoms with Crippen molar-refractivity contribution in [3.05, 3.63) is 71.4 Å². The molecule has 1 saturated heterocycles. The number of fused-ring (bicyclic) bond motifs is 1. The highest BCUT2D eigenvalue weighted by Crippen LogP contribution is 2.22. The highest BCUT2D eigenvalue weighted by atomic mass is 16.5. The first-order valence-electron chi connectivity index (χ1n) is 19.6. The van der Waals surface area contributed by atoms with Gasteiger partial charge in [-0.1, -0.05) is 55.0 Å². The van der Waals surface area contributed by atoms with Crippen LogP contribution >= 0.6 is 0 Å². The topological polar surface area (TPSA) is 234 Å². The minimum atomic E-state index is -1.17. The number of rotatable bonds is 20. The number of H-pyrrole nitrogens is 1. The number of aromatic amines is 1. The molecule has 2 aromatic carbocycles. The second kappa shape index (κ2) is 22.0. The summed E-state index contributed by atoms with van der Waals surface area (Å²) >= 11 is 0. The molecule has 1 fully saturated rings. The number of carbonyl (C=O) groups is 7. The largest absolute Gasteiger partial charge is 0.469 e.